The average Bonchev–Trinajstić information content (AvgIpc) is 3.08. The summed E-state index contributed by atoms with van der Waals surface area (Å²) in [6, 6.07) is 9.60. The van der Waals surface area contributed by atoms with Gasteiger partial charge in [0.05, 0.1) is 19.7 Å². The van der Waals surface area contributed by atoms with Crippen LogP contribution in [0.25, 0.3) is 11.1 Å². The van der Waals surface area contributed by atoms with Crippen LogP contribution in [0.15, 0.2) is 35.7 Å². The van der Waals surface area contributed by atoms with Gasteiger partial charge < -0.3 is 15.0 Å². The van der Waals surface area contributed by atoms with E-state index in [1.54, 1.807) is 25.9 Å². The predicted molar refractivity (Wildman–Crippen MR) is 131 cm³/mol. The van der Waals surface area contributed by atoms with Gasteiger partial charge in [0.25, 0.3) is 0 Å². The summed E-state index contributed by atoms with van der Waals surface area (Å²) in [5.41, 5.74) is 2.05. The minimum atomic E-state index is -0.441. The molecule has 9 heteroatoms. The lowest BCUT2D eigenvalue weighted by molar-refractivity contribution is -0.130. The molecule has 0 bridgehead atoms. The molecule has 2 heterocycles. The number of thiophene rings is 1. The van der Waals surface area contributed by atoms with Crippen molar-refractivity contribution < 1.29 is 19.1 Å². The molecule has 1 saturated heterocycles. The SMILES string of the molecule is CCOC(=O)c1c(-c2ccccc2)csc1NC(=O)CN1CCCN(CC(=O)N(C)C)CC1. The fourth-order valence-corrected chi connectivity index (χ4v) is 4.70. The second-order valence-electron chi connectivity index (χ2n) is 8.18. The highest BCUT2D eigenvalue weighted by Crippen LogP contribution is 2.36. The van der Waals surface area contributed by atoms with E-state index in [1.807, 2.05) is 35.7 Å². The monoisotopic (exact) mass is 472 g/mol. The first-order valence-corrected chi connectivity index (χ1v) is 12.1. The van der Waals surface area contributed by atoms with Crippen molar-refractivity contribution in [1.29, 1.82) is 0 Å². The molecule has 178 valence electrons. The van der Waals surface area contributed by atoms with Crippen molar-refractivity contribution in [1.82, 2.24) is 14.7 Å². The standard InChI is InChI=1S/C24H32N4O4S/c1-4-32-24(31)22-19(18-9-6-5-7-10-18)17-33-23(22)25-20(29)15-27-11-8-12-28(14-13-27)16-21(30)26(2)3/h5-7,9-10,17H,4,8,11-16H2,1-3H3,(H,25,29). The zero-order valence-corrected chi connectivity index (χ0v) is 20.3. The summed E-state index contributed by atoms with van der Waals surface area (Å²) >= 11 is 1.33. The Labute approximate surface area is 199 Å². The third kappa shape index (κ3) is 6.86. The highest BCUT2D eigenvalue weighted by Gasteiger charge is 2.24. The number of benzene rings is 1. The molecule has 2 amide bonds. The summed E-state index contributed by atoms with van der Waals surface area (Å²) in [7, 11) is 3.52. The summed E-state index contributed by atoms with van der Waals surface area (Å²) in [4.78, 5) is 43.4. The highest BCUT2D eigenvalue weighted by atomic mass is 32.1. The summed E-state index contributed by atoms with van der Waals surface area (Å²) < 4.78 is 5.27. The zero-order chi connectivity index (χ0) is 23.8. The number of nitrogens with zero attached hydrogens (tertiary/aromatic N) is 3. The lowest BCUT2D eigenvalue weighted by atomic mass is 10.0. The summed E-state index contributed by atoms with van der Waals surface area (Å²) in [5.74, 6) is -0.525. The third-order valence-corrected chi connectivity index (χ3v) is 6.41. The Morgan fingerprint density at radius 3 is 2.33 bits per heavy atom. The van der Waals surface area contributed by atoms with E-state index in [-0.39, 0.29) is 25.0 Å². The Bertz CT molecular complexity index is 961. The Hall–Kier alpha value is -2.75. The van der Waals surface area contributed by atoms with Crippen LogP contribution in [0, 0.1) is 0 Å². The van der Waals surface area contributed by atoms with Gasteiger partial charge in [0.2, 0.25) is 11.8 Å². The van der Waals surface area contributed by atoms with Crippen LogP contribution in [-0.2, 0) is 14.3 Å². The molecule has 3 rings (SSSR count). The Balaban J connectivity index is 1.65. The van der Waals surface area contributed by atoms with Gasteiger partial charge in [-0.1, -0.05) is 30.3 Å². The Kier molecular flexibility index (Phi) is 8.99. The van der Waals surface area contributed by atoms with Gasteiger partial charge >= 0.3 is 5.97 Å². The average molecular weight is 473 g/mol. The zero-order valence-electron chi connectivity index (χ0n) is 19.5. The van der Waals surface area contributed by atoms with Crippen LogP contribution >= 0.6 is 11.3 Å². The van der Waals surface area contributed by atoms with E-state index in [9.17, 15) is 14.4 Å². The molecule has 0 atom stereocenters. The van der Waals surface area contributed by atoms with E-state index in [2.05, 4.69) is 15.1 Å². The van der Waals surface area contributed by atoms with Crippen LogP contribution < -0.4 is 5.32 Å². The van der Waals surface area contributed by atoms with E-state index < -0.39 is 5.97 Å². The predicted octanol–water partition coefficient (Wildman–Crippen LogP) is 2.63. The minimum Gasteiger partial charge on any atom is -0.462 e. The number of anilines is 1. The van der Waals surface area contributed by atoms with E-state index in [1.165, 1.54) is 11.3 Å². The van der Waals surface area contributed by atoms with Gasteiger partial charge in [-0.15, -0.1) is 11.3 Å². The molecule has 0 aliphatic carbocycles. The number of amides is 2. The molecule has 8 nitrogen and oxygen atoms in total. The molecular weight excluding hydrogens is 440 g/mol. The van der Waals surface area contributed by atoms with Gasteiger partial charge in [0.15, 0.2) is 0 Å². The van der Waals surface area contributed by atoms with E-state index in [0.717, 1.165) is 37.2 Å². The van der Waals surface area contributed by atoms with Gasteiger partial charge in [-0.25, -0.2) is 4.79 Å². The number of carbonyl (C=O) groups excluding carboxylic acids is 3. The van der Waals surface area contributed by atoms with Crippen LogP contribution in [0.1, 0.15) is 23.7 Å². The van der Waals surface area contributed by atoms with E-state index in [4.69, 9.17) is 4.74 Å². The van der Waals surface area contributed by atoms with Crippen molar-refractivity contribution in [3.63, 3.8) is 0 Å². The molecule has 1 aromatic carbocycles. The molecule has 33 heavy (non-hydrogen) atoms. The smallest absolute Gasteiger partial charge is 0.341 e. The van der Waals surface area contributed by atoms with Crippen molar-refractivity contribution >= 4 is 34.1 Å². The number of ether oxygens (including phenoxy) is 1. The molecule has 1 aliphatic rings. The summed E-state index contributed by atoms with van der Waals surface area (Å²) in [6.45, 7) is 5.71. The maximum absolute atomic E-state index is 12.8. The van der Waals surface area contributed by atoms with Gasteiger partial charge in [0.1, 0.15) is 10.6 Å². The van der Waals surface area contributed by atoms with Crippen molar-refractivity contribution in [2.75, 3.05) is 65.3 Å². The quantitative estimate of drug-likeness (QED) is 0.595. The van der Waals surface area contributed by atoms with Gasteiger partial charge in [-0.05, 0) is 32.0 Å². The first-order chi connectivity index (χ1) is 15.9. The van der Waals surface area contributed by atoms with Crippen LogP contribution in [0.5, 0.6) is 0 Å². The molecule has 1 fully saturated rings. The van der Waals surface area contributed by atoms with E-state index >= 15 is 0 Å². The molecule has 2 aromatic rings. The number of hydrogen-bond donors (Lipinski definition) is 1. The first kappa shape index (κ1) is 24.9. The molecule has 0 saturated carbocycles. The fourth-order valence-electron chi connectivity index (χ4n) is 3.73. The number of carbonyl (C=O) groups is 3. The second kappa shape index (κ2) is 11.9. The molecule has 0 spiro atoms. The first-order valence-electron chi connectivity index (χ1n) is 11.2. The summed E-state index contributed by atoms with van der Waals surface area (Å²) in [5, 5.41) is 5.31. The number of rotatable bonds is 8. The summed E-state index contributed by atoms with van der Waals surface area (Å²) in [6.07, 6.45) is 0.888. The largest absolute Gasteiger partial charge is 0.462 e. The molecular formula is C24H32N4O4S. The second-order valence-corrected chi connectivity index (χ2v) is 9.06. The van der Waals surface area contributed by atoms with E-state index in [0.29, 0.717) is 23.7 Å². The van der Waals surface area contributed by atoms with Crippen molar-refractivity contribution in [2.45, 2.75) is 13.3 Å². The minimum absolute atomic E-state index is 0.0830. The number of hydrogen-bond acceptors (Lipinski definition) is 7. The van der Waals surface area contributed by atoms with Crippen LogP contribution in [0.2, 0.25) is 0 Å². The van der Waals surface area contributed by atoms with Crippen LogP contribution in [0.3, 0.4) is 0 Å². The highest BCUT2D eigenvalue weighted by molar-refractivity contribution is 7.15. The molecule has 1 aromatic heterocycles. The Morgan fingerprint density at radius 2 is 1.70 bits per heavy atom. The number of esters is 1. The number of nitrogens with one attached hydrogen (secondary N) is 1. The molecule has 1 aliphatic heterocycles. The van der Waals surface area contributed by atoms with Crippen molar-refractivity contribution in [3.8, 4) is 11.1 Å². The van der Waals surface area contributed by atoms with Crippen LogP contribution in [-0.4, -0.2) is 92.5 Å². The van der Waals surface area contributed by atoms with Gasteiger partial charge in [0, 0.05) is 38.1 Å². The van der Waals surface area contributed by atoms with Gasteiger partial charge in [-0.2, -0.15) is 0 Å². The molecule has 1 N–H and O–H groups in total. The normalized spacial score (nSPS) is 15.0. The Morgan fingerprint density at radius 1 is 1.03 bits per heavy atom. The lowest BCUT2D eigenvalue weighted by Crippen LogP contribution is -2.39. The lowest BCUT2D eigenvalue weighted by Gasteiger charge is -2.22. The van der Waals surface area contributed by atoms with Crippen molar-refractivity contribution in [3.05, 3.63) is 41.3 Å². The fraction of sp³-hybridized carbons (Fsp3) is 0.458. The molecule has 0 unspecified atom stereocenters. The molecule has 0 radical (unpaired) electrons. The van der Waals surface area contributed by atoms with Crippen LogP contribution in [0.4, 0.5) is 5.00 Å². The number of likely N-dealkylation sites (N-methyl/N-ethyl adjacent to an activating group) is 1. The maximum atomic E-state index is 12.8. The third-order valence-electron chi connectivity index (χ3n) is 5.51. The van der Waals surface area contributed by atoms with Gasteiger partial charge in [-0.3, -0.25) is 19.4 Å². The maximum Gasteiger partial charge on any atom is 0.341 e. The topological polar surface area (TPSA) is 82.2 Å². The van der Waals surface area contributed by atoms with Crippen molar-refractivity contribution in [2.24, 2.45) is 0 Å².